The quantitative estimate of drug-likeness (QED) is 0.789. The predicted octanol–water partition coefficient (Wildman–Crippen LogP) is 1.92. The summed E-state index contributed by atoms with van der Waals surface area (Å²) in [5.41, 5.74) is 0.938. The number of likely N-dealkylation sites (tertiary alicyclic amines) is 1. The molecule has 0 spiro atoms. The van der Waals surface area contributed by atoms with Gasteiger partial charge < -0.3 is 14.4 Å². The first-order chi connectivity index (χ1) is 9.58. The zero-order chi connectivity index (χ0) is 14.7. The normalized spacial score (nSPS) is 19.9. The van der Waals surface area contributed by atoms with Gasteiger partial charge in [-0.05, 0) is 31.0 Å². The largest absolute Gasteiger partial charge is 0.497 e. The van der Waals surface area contributed by atoms with Crippen LogP contribution in [0.25, 0.3) is 0 Å². The standard InChI is InChI=1S/C15H19NO4/c1-10(11-5-4-6-12(9-11)19-2)16-13(15(18)20-3)7-8-14(16)17/h4-6,9-10,13H,7-8H2,1-3H3. The van der Waals surface area contributed by atoms with Gasteiger partial charge in [0.15, 0.2) is 0 Å². The highest BCUT2D eigenvalue weighted by molar-refractivity contribution is 5.88. The number of ether oxygens (including phenoxy) is 2. The van der Waals surface area contributed by atoms with Crippen molar-refractivity contribution in [3.05, 3.63) is 29.8 Å². The van der Waals surface area contributed by atoms with Crippen molar-refractivity contribution in [1.82, 2.24) is 4.90 Å². The number of benzene rings is 1. The summed E-state index contributed by atoms with van der Waals surface area (Å²) < 4.78 is 9.98. The molecule has 108 valence electrons. The van der Waals surface area contributed by atoms with Gasteiger partial charge in [-0.25, -0.2) is 4.79 Å². The van der Waals surface area contributed by atoms with E-state index in [1.807, 2.05) is 31.2 Å². The number of nitrogens with zero attached hydrogens (tertiary/aromatic N) is 1. The lowest BCUT2D eigenvalue weighted by Gasteiger charge is -2.29. The van der Waals surface area contributed by atoms with Gasteiger partial charge in [0, 0.05) is 6.42 Å². The maximum absolute atomic E-state index is 12.1. The van der Waals surface area contributed by atoms with E-state index < -0.39 is 6.04 Å². The first-order valence-electron chi connectivity index (χ1n) is 6.61. The summed E-state index contributed by atoms with van der Waals surface area (Å²) in [4.78, 5) is 25.5. The van der Waals surface area contributed by atoms with E-state index in [4.69, 9.17) is 9.47 Å². The Bertz CT molecular complexity index is 514. The topological polar surface area (TPSA) is 55.8 Å². The smallest absolute Gasteiger partial charge is 0.328 e. The van der Waals surface area contributed by atoms with Crippen LogP contribution in [0.3, 0.4) is 0 Å². The summed E-state index contributed by atoms with van der Waals surface area (Å²) >= 11 is 0. The Hall–Kier alpha value is -2.04. The molecule has 5 nitrogen and oxygen atoms in total. The molecule has 0 aliphatic carbocycles. The van der Waals surface area contributed by atoms with Crippen LogP contribution in [0, 0.1) is 0 Å². The number of hydrogen-bond acceptors (Lipinski definition) is 4. The number of esters is 1. The molecule has 0 radical (unpaired) electrons. The molecule has 0 bridgehead atoms. The lowest BCUT2D eigenvalue weighted by Crippen LogP contribution is -2.40. The van der Waals surface area contributed by atoms with Crippen molar-refractivity contribution in [3.8, 4) is 5.75 Å². The van der Waals surface area contributed by atoms with Gasteiger partial charge in [-0.3, -0.25) is 4.79 Å². The summed E-state index contributed by atoms with van der Waals surface area (Å²) in [6.45, 7) is 1.91. The highest BCUT2D eigenvalue weighted by Crippen LogP contribution is 2.31. The van der Waals surface area contributed by atoms with E-state index in [0.29, 0.717) is 12.8 Å². The fraction of sp³-hybridized carbons (Fsp3) is 0.467. The summed E-state index contributed by atoms with van der Waals surface area (Å²) in [5, 5.41) is 0. The molecule has 1 saturated heterocycles. The number of rotatable bonds is 4. The van der Waals surface area contributed by atoms with E-state index in [1.54, 1.807) is 12.0 Å². The minimum atomic E-state index is -0.492. The number of carbonyl (C=O) groups is 2. The van der Waals surface area contributed by atoms with Crippen LogP contribution >= 0.6 is 0 Å². The SMILES string of the molecule is COC(=O)C1CCC(=O)N1C(C)c1cccc(OC)c1. The van der Waals surface area contributed by atoms with Crippen LogP contribution < -0.4 is 4.74 Å². The Morgan fingerprint density at radius 1 is 1.40 bits per heavy atom. The fourth-order valence-corrected chi connectivity index (χ4v) is 2.62. The van der Waals surface area contributed by atoms with E-state index >= 15 is 0 Å². The molecular weight excluding hydrogens is 258 g/mol. The molecule has 5 heteroatoms. The summed E-state index contributed by atoms with van der Waals surface area (Å²) in [6.07, 6.45) is 0.897. The number of methoxy groups -OCH3 is 2. The maximum atomic E-state index is 12.1. The van der Waals surface area contributed by atoms with E-state index in [1.165, 1.54) is 7.11 Å². The van der Waals surface area contributed by atoms with Gasteiger partial charge >= 0.3 is 5.97 Å². The molecule has 0 saturated carbocycles. The molecule has 1 aromatic rings. The minimum absolute atomic E-state index is 0.0179. The summed E-state index contributed by atoms with van der Waals surface area (Å²) in [7, 11) is 2.95. The monoisotopic (exact) mass is 277 g/mol. The lowest BCUT2D eigenvalue weighted by molar-refractivity contribution is -0.150. The third kappa shape index (κ3) is 2.61. The van der Waals surface area contributed by atoms with Gasteiger partial charge in [-0.15, -0.1) is 0 Å². The fourth-order valence-electron chi connectivity index (χ4n) is 2.62. The molecule has 2 unspecified atom stereocenters. The Morgan fingerprint density at radius 3 is 2.80 bits per heavy atom. The molecule has 1 fully saturated rings. The molecule has 2 atom stereocenters. The second kappa shape index (κ2) is 5.94. The molecule has 1 aliphatic rings. The Morgan fingerprint density at radius 2 is 2.15 bits per heavy atom. The average molecular weight is 277 g/mol. The van der Waals surface area contributed by atoms with Crippen molar-refractivity contribution in [2.45, 2.75) is 31.8 Å². The highest BCUT2D eigenvalue weighted by Gasteiger charge is 2.39. The minimum Gasteiger partial charge on any atom is -0.497 e. The average Bonchev–Trinajstić information content (AvgIpc) is 2.87. The second-order valence-electron chi connectivity index (χ2n) is 4.83. The van der Waals surface area contributed by atoms with Crippen LogP contribution in [0.4, 0.5) is 0 Å². The molecule has 2 rings (SSSR count). The van der Waals surface area contributed by atoms with E-state index in [9.17, 15) is 9.59 Å². The third-order valence-corrected chi connectivity index (χ3v) is 3.72. The van der Waals surface area contributed by atoms with Gasteiger partial charge in [-0.1, -0.05) is 12.1 Å². The first-order valence-corrected chi connectivity index (χ1v) is 6.61. The predicted molar refractivity (Wildman–Crippen MR) is 73.3 cm³/mol. The molecule has 0 N–H and O–H groups in total. The summed E-state index contributed by atoms with van der Waals surface area (Å²) in [5.74, 6) is 0.358. The number of carbonyl (C=O) groups excluding carboxylic acids is 2. The zero-order valence-corrected chi connectivity index (χ0v) is 12.0. The van der Waals surface area contributed by atoms with Gasteiger partial charge in [0.1, 0.15) is 11.8 Å². The molecule has 20 heavy (non-hydrogen) atoms. The Labute approximate surface area is 118 Å². The lowest BCUT2D eigenvalue weighted by atomic mass is 10.1. The third-order valence-electron chi connectivity index (χ3n) is 3.72. The van der Waals surface area contributed by atoms with E-state index in [0.717, 1.165) is 11.3 Å². The van der Waals surface area contributed by atoms with Crippen molar-refractivity contribution in [2.75, 3.05) is 14.2 Å². The number of hydrogen-bond donors (Lipinski definition) is 0. The van der Waals surface area contributed by atoms with Crippen LogP contribution in [0.2, 0.25) is 0 Å². The van der Waals surface area contributed by atoms with Crippen molar-refractivity contribution >= 4 is 11.9 Å². The van der Waals surface area contributed by atoms with Crippen molar-refractivity contribution in [3.63, 3.8) is 0 Å². The van der Waals surface area contributed by atoms with Crippen molar-refractivity contribution in [1.29, 1.82) is 0 Å². The van der Waals surface area contributed by atoms with Crippen molar-refractivity contribution < 1.29 is 19.1 Å². The van der Waals surface area contributed by atoms with Crippen LogP contribution in [0.5, 0.6) is 5.75 Å². The number of amides is 1. The Kier molecular flexibility index (Phi) is 4.27. The van der Waals surface area contributed by atoms with Crippen molar-refractivity contribution in [2.24, 2.45) is 0 Å². The van der Waals surface area contributed by atoms with Gasteiger partial charge in [0.25, 0.3) is 0 Å². The Balaban J connectivity index is 2.27. The van der Waals surface area contributed by atoms with Gasteiger partial charge in [-0.2, -0.15) is 0 Å². The molecule has 1 aliphatic heterocycles. The van der Waals surface area contributed by atoms with E-state index in [2.05, 4.69) is 0 Å². The van der Waals surface area contributed by atoms with Crippen LogP contribution in [-0.4, -0.2) is 37.0 Å². The molecule has 1 aromatic carbocycles. The molecule has 0 aromatic heterocycles. The first kappa shape index (κ1) is 14.4. The molecular formula is C15H19NO4. The van der Waals surface area contributed by atoms with Gasteiger partial charge in [0.2, 0.25) is 5.91 Å². The molecule has 1 heterocycles. The zero-order valence-electron chi connectivity index (χ0n) is 12.0. The second-order valence-corrected chi connectivity index (χ2v) is 4.83. The van der Waals surface area contributed by atoms with Crippen LogP contribution in [0.15, 0.2) is 24.3 Å². The van der Waals surface area contributed by atoms with Crippen LogP contribution in [-0.2, 0) is 14.3 Å². The molecule has 1 amide bonds. The maximum Gasteiger partial charge on any atom is 0.328 e. The van der Waals surface area contributed by atoms with Gasteiger partial charge in [0.05, 0.1) is 20.3 Å². The van der Waals surface area contributed by atoms with E-state index in [-0.39, 0.29) is 17.9 Å². The van der Waals surface area contributed by atoms with Crippen LogP contribution in [0.1, 0.15) is 31.4 Å². The summed E-state index contributed by atoms with van der Waals surface area (Å²) in [6, 6.07) is 6.84. The highest BCUT2D eigenvalue weighted by atomic mass is 16.5.